The molecular weight excluding hydrogens is 240 g/mol. The van der Waals surface area contributed by atoms with Crippen molar-refractivity contribution in [3.63, 3.8) is 0 Å². The summed E-state index contributed by atoms with van der Waals surface area (Å²) in [6.45, 7) is 1.03. The molecule has 1 saturated heterocycles. The lowest BCUT2D eigenvalue weighted by Crippen LogP contribution is -2.39. The fourth-order valence-corrected chi connectivity index (χ4v) is 3.85. The van der Waals surface area contributed by atoms with Crippen LogP contribution in [0.2, 0.25) is 0 Å². The average Bonchev–Trinajstić information content (AvgIpc) is 2.40. The Hall–Kier alpha value is -0.620. The van der Waals surface area contributed by atoms with Crippen molar-refractivity contribution in [3.8, 4) is 0 Å². The van der Waals surface area contributed by atoms with Gasteiger partial charge >= 0.3 is 0 Å². The summed E-state index contributed by atoms with van der Waals surface area (Å²) in [5, 5.41) is 2.69. The second-order valence-electron chi connectivity index (χ2n) is 4.94. The van der Waals surface area contributed by atoms with E-state index in [1.54, 1.807) is 0 Å². The molecule has 2 aliphatic rings. The topological polar surface area (TPSA) is 66.5 Å². The molecule has 0 aromatic rings. The smallest absolute Gasteiger partial charge is 0.235 e. The molecular formula is C11H20N2O3S. The van der Waals surface area contributed by atoms with Crippen LogP contribution < -0.4 is 5.32 Å². The van der Waals surface area contributed by atoms with Crippen LogP contribution in [0, 0.1) is 5.92 Å². The number of nitrogens with zero attached hydrogens (tertiary/aromatic N) is 1. The molecule has 98 valence electrons. The van der Waals surface area contributed by atoms with E-state index < -0.39 is 10.0 Å². The highest BCUT2D eigenvalue weighted by Crippen LogP contribution is 2.29. The van der Waals surface area contributed by atoms with Crippen LogP contribution in [0.1, 0.15) is 32.1 Å². The van der Waals surface area contributed by atoms with Gasteiger partial charge in [0.25, 0.3) is 0 Å². The van der Waals surface area contributed by atoms with E-state index in [2.05, 4.69) is 5.32 Å². The first-order chi connectivity index (χ1) is 8.08. The Bertz CT molecular complexity index is 376. The van der Waals surface area contributed by atoms with Gasteiger partial charge in [-0.25, -0.2) is 8.42 Å². The number of rotatable bonds is 4. The summed E-state index contributed by atoms with van der Waals surface area (Å²) >= 11 is 0. The molecule has 1 heterocycles. The van der Waals surface area contributed by atoms with Crippen LogP contribution >= 0.6 is 0 Å². The first kappa shape index (κ1) is 12.8. The molecule has 0 unspecified atom stereocenters. The number of amides is 1. The predicted molar refractivity (Wildman–Crippen MR) is 64.9 cm³/mol. The zero-order valence-corrected chi connectivity index (χ0v) is 10.8. The number of nitrogens with one attached hydrogen (secondary N) is 1. The van der Waals surface area contributed by atoms with Crippen molar-refractivity contribution in [2.24, 2.45) is 5.92 Å². The highest BCUT2D eigenvalue weighted by Gasteiger charge is 2.28. The van der Waals surface area contributed by atoms with Crippen LogP contribution in [-0.2, 0) is 14.8 Å². The monoisotopic (exact) mass is 260 g/mol. The third-order valence-corrected chi connectivity index (χ3v) is 5.48. The fourth-order valence-electron chi connectivity index (χ4n) is 2.24. The zero-order chi connectivity index (χ0) is 12.3. The van der Waals surface area contributed by atoms with Gasteiger partial charge in [0.15, 0.2) is 0 Å². The summed E-state index contributed by atoms with van der Waals surface area (Å²) in [6.07, 6.45) is 5.01. The molecule has 5 nitrogen and oxygen atoms in total. The van der Waals surface area contributed by atoms with E-state index in [9.17, 15) is 13.2 Å². The predicted octanol–water partition coefficient (Wildman–Crippen LogP) is 0.328. The molecule has 0 atom stereocenters. The maximum absolute atomic E-state index is 12.1. The van der Waals surface area contributed by atoms with Crippen molar-refractivity contribution in [2.75, 3.05) is 25.4 Å². The average molecular weight is 260 g/mol. The minimum Gasteiger partial charge on any atom is -0.355 e. The molecule has 2 rings (SSSR count). The summed E-state index contributed by atoms with van der Waals surface area (Å²) < 4.78 is 25.5. The van der Waals surface area contributed by atoms with Gasteiger partial charge in [-0.15, -0.1) is 0 Å². The van der Waals surface area contributed by atoms with E-state index in [-0.39, 0.29) is 18.2 Å². The molecule has 0 spiro atoms. The third-order valence-electron chi connectivity index (χ3n) is 3.63. The van der Waals surface area contributed by atoms with Crippen molar-refractivity contribution in [1.82, 2.24) is 9.62 Å². The molecule has 2 fully saturated rings. The number of carbonyl (C=O) groups excluding carboxylic acids is 1. The highest BCUT2D eigenvalue weighted by molar-refractivity contribution is 7.89. The largest absolute Gasteiger partial charge is 0.355 e. The van der Waals surface area contributed by atoms with Crippen molar-refractivity contribution in [1.29, 1.82) is 0 Å². The van der Waals surface area contributed by atoms with Crippen molar-refractivity contribution >= 4 is 15.9 Å². The van der Waals surface area contributed by atoms with Gasteiger partial charge in [0.1, 0.15) is 0 Å². The molecule has 1 saturated carbocycles. The Morgan fingerprint density at radius 1 is 1.29 bits per heavy atom. The lowest BCUT2D eigenvalue weighted by Gasteiger charge is -2.26. The Labute approximate surface area is 103 Å². The van der Waals surface area contributed by atoms with Gasteiger partial charge < -0.3 is 5.32 Å². The quantitative estimate of drug-likeness (QED) is 0.792. The van der Waals surface area contributed by atoms with Crippen molar-refractivity contribution < 1.29 is 13.2 Å². The van der Waals surface area contributed by atoms with E-state index >= 15 is 0 Å². The molecule has 1 amide bonds. The van der Waals surface area contributed by atoms with Crippen LogP contribution in [0.5, 0.6) is 0 Å². The molecule has 17 heavy (non-hydrogen) atoms. The second kappa shape index (κ2) is 5.35. The van der Waals surface area contributed by atoms with Crippen LogP contribution in [0.3, 0.4) is 0 Å². The van der Waals surface area contributed by atoms with Crippen LogP contribution in [0.25, 0.3) is 0 Å². The summed E-state index contributed by atoms with van der Waals surface area (Å²) in [4.78, 5) is 11.3. The molecule has 0 radical (unpaired) electrons. The minimum atomic E-state index is -3.24. The molecule has 1 N–H and O–H groups in total. The maximum Gasteiger partial charge on any atom is 0.235 e. The summed E-state index contributed by atoms with van der Waals surface area (Å²) in [7, 11) is -3.24. The zero-order valence-electron chi connectivity index (χ0n) is 10.0. The fraction of sp³-hybridized carbons (Fsp3) is 0.909. The Balaban J connectivity index is 1.90. The number of carbonyl (C=O) groups is 1. The minimum absolute atomic E-state index is 0.00694. The Morgan fingerprint density at radius 2 is 2.06 bits per heavy atom. The van der Waals surface area contributed by atoms with E-state index in [1.165, 1.54) is 10.7 Å². The lowest BCUT2D eigenvalue weighted by atomic mass is 9.84. The van der Waals surface area contributed by atoms with Crippen LogP contribution in [-0.4, -0.2) is 44.0 Å². The van der Waals surface area contributed by atoms with Gasteiger partial charge in [0.05, 0.1) is 12.3 Å². The second-order valence-corrected chi connectivity index (χ2v) is 7.03. The SMILES string of the molecule is O=C1CN(S(=O)(=O)CCC2CCC2)CCCN1. The van der Waals surface area contributed by atoms with Gasteiger partial charge in [0.2, 0.25) is 15.9 Å². The van der Waals surface area contributed by atoms with Crippen molar-refractivity contribution in [3.05, 3.63) is 0 Å². The van der Waals surface area contributed by atoms with E-state index in [0.717, 1.165) is 19.3 Å². The normalized spacial score (nSPS) is 23.9. The van der Waals surface area contributed by atoms with Gasteiger partial charge in [-0.1, -0.05) is 19.3 Å². The standard InChI is InChI=1S/C11H20N2O3S/c14-11-9-13(7-2-6-12-11)17(15,16)8-5-10-3-1-4-10/h10H,1-9H2,(H,12,14). The van der Waals surface area contributed by atoms with E-state index in [4.69, 9.17) is 0 Å². The summed E-state index contributed by atoms with van der Waals surface area (Å²) in [5.41, 5.74) is 0. The molecule has 6 heteroatoms. The molecule has 0 aromatic heterocycles. The third kappa shape index (κ3) is 3.42. The maximum atomic E-state index is 12.1. The van der Waals surface area contributed by atoms with E-state index in [0.29, 0.717) is 25.4 Å². The Kier molecular flexibility index (Phi) is 4.04. The molecule has 0 bridgehead atoms. The number of hydrogen-bond acceptors (Lipinski definition) is 3. The number of hydrogen-bond donors (Lipinski definition) is 1. The van der Waals surface area contributed by atoms with Crippen molar-refractivity contribution in [2.45, 2.75) is 32.1 Å². The first-order valence-electron chi connectivity index (χ1n) is 6.32. The highest BCUT2D eigenvalue weighted by atomic mass is 32.2. The first-order valence-corrected chi connectivity index (χ1v) is 7.93. The molecule has 1 aliphatic carbocycles. The van der Waals surface area contributed by atoms with Gasteiger partial charge in [0, 0.05) is 13.1 Å². The summed E-state index contributed by atoms with van der Waals surface area (Å²) in [6, 6.07) is 0. The van der Waals surface area contributed by atoms with E-state index in [1.807, 2.05) is 0 Å². The Morgan fingerprint density at radius 3 is 2.71 bits per heavy atom. The van der Waals surface area contributed by atoms with Gasteiger partial charge in [-0.3, -0.25) is 4.79 Å². The summed E-state index contributed by atoms with van der Waals surface area (Å²) in [5.74, 6) is 0.602. The van der Waals surface area contributed by atoms with Gasteiger partial charge in [-0.2, -0.15) is 4.31 Å². The lowest BCUT2D eigenvalue weighted by molar-refractivity contribution is -0.120. The molecule has 0 aromatic carbocycles. The molecule has 1 aliphatic heterocycles. The number of sulfonamides is 1. The van der Waals surface area contributed by atoms with Gasteiger partial charge in [-0.05, 0) is 18.8 Å². The van der Waals surface area contributed by atoms with Crippen LogP contribution in [0.4, 0.5) is 0 Å². The van der Waals surface area contributed by atoms with Crippen LogP contribution in [0.15, 0.2) is 0 Å².